The van der Waals surface area contributed by atoms with E-state index >= 15 is 0 Å². The van der Waals surface area contributed by atoms with Crippen molar-refractivity contribution in [3.8, 4) is 0 Å². The van der Waals surface area contributed by atoms with Gasteiger partial charge in [0.15, 0.2) is 0 Å². The molecule has 10 heavy (non-hydrogen) atoms. The van der Waals surface area contributed by atoms with E-state index in [4.69, 9.17) is 5.11 Å². The summed E-state index contributed by atoms with van der Waals surface area (Å²) in [6.45, 7) is 3.42. The molecule has 0 aliphatic heterocycles. The molecule has 0 aromatic heterocycles. The zero-order chi connectivity index (χ0) is 8.15. The molecule has 0 heterocycles. The van der Waals surface area contributed by atoms with Crippen molar-refractivity contribution in [3.63, 3.8) is 0 Å². The zero-order valence-electron chi connectivity index (χ0n) is 6.35. The Morgan fingerprint density at radius 3 is 2.20 bits per heavy atom. The highest BCUT2D eigenvalue weighted by atomic mass is 19.3. The molecule has 0 fully saturated rings. The van der Waals surface area contributed by atoms with E-state index < -0.39 is 12.5 Å². The largest absolute Gasteiger partial charge is 0.393 e. The standard InChI is InChI=1S/C7H14F2O/c1-3-6(10)5(2)4-7(8)9/h5-7,10H,3-4H2,1-2H3. The Hall–Kier alpha value is -0.180. The average molecular weight is 152 g/mol. The van der Waals surface area contributed by atoms with Crippen molar-refractivity contribution in [1.82, 2.24) is 0 Å². The number of hydrogen-bond donors (Lipinski definition) is 1. The molecule has 0 aliphatic carbocycles. The van der Waals surface area contributed by atoms with Crippen molar-refractivity contribution in [2.75, 3.05) is 0 Å². The third kappa shape index (κ3) is 3.77. The molecular weight excluding hydrogens is 138 g/mol. The van der Waals surface area contributed by atoms with Crippen LogP contribution in [-0.4, -0.2) is 17.6 Å². The fourth-order valence-corrected chi connectivity index (χ4v) is 0.840. The molecular formula is C7H14F2O. The van der Waals surface area contributed by atoms with Gasteiger partial charge in [-0.25, -0.2) is 8.78 Å². The van der Waals surface area contributed by atoms with Gasteiger partial charge in [-0.05, 0) is 12.3 Å². The summed E-state index contributed by atoms with van der Waals surface area (Å²) in [5.74, 6) is -0.287. The zero-order valence-corrected chi connectivity index (χ0v) is 6.35. The van der Waals surface area contributed by atoms with Gasteiger partial charge in [0.2, 0.25) is 6.43 Å². The van der Waals surface area contributed by atoms with Crippen LogP contribution in [0.3, 0.4) is 0 Å². The van der Waals surface area contributed by atoms with E-state index in [1.54, 1.807) is 13.8 Å². The van der Waals surface area contributed by atoms with Crippen LogP contribution in [0.1, 0.15) is 26.7 Å². The smallest absolute Gasteiger partial charge is 0.239 e. The molecule has 3 heteroatoms. The van der Waals surface area contributed by atoms with Crippen molar-refractivity contribution in [2.24, 2.45) is 5.92 Å². The molecule has 0 amide bonds. The first-order chi connectivity index (χ1) is 4.57. The van der Waals surface area contributed by atoms with Crippen LogP contribution in [0.2, 0.25) is 0 Å². The molecule has 0 bridgehead atoms. The predicted molar refractivity (Wildman–Crippen MR) is 36.1 cm³/mol. The highest BCUT2D eigenvalue weighted by Gasteiger charge is 2.16. The molecule has 0 spiro atoms. The molecule has 0 aromatic carbocycles. The molecule has 2 atom stereocenters. The second kappa shape index (κ2) is 4.61. The van der Waals surface area contributed by atoms with E-state index in [1.807, 2.05) is 0 Å². The lowest BCUT2D eigenvalue weighted by atomic mass is 9.99. The van der Waals surface area contributed by atoms with E-state index in [0.717, 1.165) is 0 Å². The average Bonchev–Trinajstić information content (AvgIpc) is 1.85. The topological polar surface area (TPSA) is 20.2 Å². The second-order valence-corrected chi connectivity index (χ2v) is 2.58. The van der Waals surface area contributed by atoms with E-state index in [2.05, 4.69) is 0 Å². The highest BCUT2D eigenvalue weighted by molar-refractivity contribution is 4.63. The minimum absolute atomic E-state index is 0.199. The van der Waals surface area contributed by atoms with E-state index in [9.17, 15) is 8.78 Å². The van der Waals surface area contributed by atoms with Gasteiger partial charge in [0, 0.05) is 6.42 Å². The van der Waals surface area contributed by atoms with Crippen molar-refractivity contribution >= 4 is 0 Å². The summed E-state index contributed by atoms with van der Waals surface area (Å²) in [5.41, 5.74) is 0. The Balaban J connectivity index is 3.50. The van der Waals surface area contributed by atoms with Gasteiger partial charge in [0.05, 0.1) is 6.10 Å². The van der Waals surface area contributed by atoms with Gasteiger partial charge in [0.1, 0.15) is 0 Å². The van der Waals surface area contributed by atoms with Crippen LogP contribution in [0.4, 0.5) is 8.78 Å². The number of aliphatic hydroxyl groups excluding tert-OH is 1. The molecule has 1 nitrogen and oxygen atoms in total. The summed E-state index contributed by atoms with van der Waals surface area (Å²) in [7, 11) is 0. The molecule has 2 unspecified atom stereocenters. The maximum Gasteiger partial charge on any atom is 0.239 e. The molecule has 0 saturated heterocycles. The normalized spacial score (nSPS) is 17.4. The van der Waals surface area contributed by atoms with Crippen molar-refractivity contribution < 1.29 is 13.9 Å². The van der Waals surface area contributed by atoms with E-state index in [1.165, 1.54) is 0 Å². The van der Waals surface area contributed by atoms with Gasteiger partial charge >= 0.3 is 0 Å². The van der Waals surface area contributed by atoms with Crippen LogP contribution in [0, 0.1) is 5.92 Å². The summed E-state index contributed by atoms with van der Waals surface area (Å²) < 4.78 is 23.3. The number of alkyl halides is 2. The van der Waals surface area contributed by atoms with Crippen molar-refractivity contribution in [2.45, 2.75) is 39.2 Å². The minimum Gasteiger partial charge on any atom is -0.393 e. The van der Waals surface area contributed by atoms with Gasteiger partial charge < -0.3 is 5.11 Å². The quantitative estimate of drug-likeness (QED) is 0.653. The first-order valence-electron chi connectivity index (χ1n) is 3.54. The number of rotatable bonds is 4. The molecule has 0 saturated carbocycles. The molecule has 0 aliphatic rings. The fourth-order valence-electron chi connectivity index (χ4n) is 0.840. The van der Waals surface area contributed by atoms with Gasteiger partial charge in [-0.2, -0.15) is 0 Å². The Morgan fingerprint density at radius 2 is 1.90 bits per heavy atom. The fraction of sp³-hybridized carbons (Fsp3) is 1.00. The second-order valence-electron chi connectivity index (χ2n) is 2.58. The monoisotopic (exact) mass is 152 g/mol. The molecule has 1 N–H and O–H groups in total. The molecule has 0 rings (SSSR count). The maximum atomic E-state index is 11.7. The van der Waals surface area contributed by atoms with Crippen LogP contribution in [-0.2, 0) is 0 Å². The first-order valence-corrected chi connectivity index (χ1v) is 3.54. The number of halogens is 2. The van der Waals surface area contributed by atoms with Crippen LogP contribution in [0.5, 0.6) is 0 Å². The Kier molecular flexibility index (Phi) is 4.52. The van der Waals surface area contributed by atoms with Crippen LogP contribution in [0.25, 0.3) is 0 Å². The molecule has 0 aromatic rings. The summed E-state index contributed by atoms with van der Waals surface area (Å²) in [5, 5.41) is 9.04. The Labute approximate surface area is 60.1 Å². The van der Waals surface area contributed by atoms with Crippen LogP contribution >= 0.6 is 0 Å². The number of aliphatic hydroxyl groups is 1. The van der Waals surface area contributed by atoms with Crippen LogP contribution < -0.4 is 0 Å². The lowest BCUT2D eigenvalue weighted by Crippen LogP contribution is -2.18. The van der Waals surface area contributed by atoms with E-state index in [-0.39, 0.29) is 12.3 Å². The summed E-state index contributed by atoms with van der Waals surface area (Å²) in [6.07, 6.45) is -2.52. The minimum atomic E-state index is -2.30. The Morgan fingerprint density at radius 1 is 1.40 bits per heavy atom. The van der Waals surface area contributed by atoms with Gasteiger partial charge in [0.25, 0.3) is 0 Å². The summed E-state index contributed by atoms with van der Waals surface area (Å²) in [6, 6.07) is 0. The van der Waals surface area contributed by atoms with Gasteiger partial charge in [-0.3, -0.25) is 0 Å². The SMILES string of the molecule is CCC(O)C(C)CC(F)F. The highest BCUT2D eigenvalue weighted by Crippen LogP contribution is 2.15. The maximum absolute atomic E-state index is 11.7. The van der Waals surface area contributed by atoms with E-state index in [0.29, 0.717) is 6.42 Å². The lowest BCUT2D eigenvalue weighted by Gasteiger charge is -2.15. The van der Waals surface area contributed by atoms with Crippen LogP contribution in [0.15, 0.2) is 0 Å². The summed E-state index contributed by atoms with van der Waals surface area (Å²) >= 11 is 0. The third-order valence-electron chi connectivity index (χ3n) is 1.63. The van der Waals surface area contributed by atoms with Gasteiger partial charge in [-0.15, -0.1) is 0 Å². The first kappa shape index (κ1) is 9.82. The van der Waals surface area contributed by atoms with Gasteiger partial charge in [-0.1, -0.05) is 13.8 Å². The van der Waals surface area contributed by atoms with Crippen molar-refractivity contribution in [3.05, 3.63) is 0 Å². The molecule has 62 valence electrons. The number of hydrogen-bond acceptors (Lipinski definition) is 1. The van der Waals surface area contributed by atoms with Crippen molar-refractivity contribution in [1.29, 1.82) is 0 Å². The summed E-state index contributed by atoms with van der Waals surface area (Å²) in [4.78, 5) is 0. The molecule has 0 radical (unpaired) electrons. The predicted octanol–water partition coefficient (Wildman–Crippen LogP) is 2.05. The Bertz CT molecular complexity index is 85.7. The third-order valence-corrected chi connectivity index (χ3v) is 1.63. The lowest BCUT2D eigenvalue weighted by molar-refractivity contribution is 0.0533.